The first-order valence-corrected chi connectivity index (χ1v) is 7.10. The molecule has 4 N–H and O–H groups in total. The molecule has 1 aromatic heterocycles. The lowest BCUT2D eigenvalue weighted by Gasteiger charge is -2.08. The predicted molar refractivity (Wildman–Crippen MR) is 76.0 cm³/mol. The Morgan fingerprint density at radius 3 is 2.43 bits per heavy atom. The SMILES string of the molecule is NNc1cc(S(=O)(=O)Nc2ccc([N+](=O)[O-])cc2)ccn1. The number of nitrogen functional groups attached to an aromatic ring is 1. The summed E-state index contributed by atoms with van der Waals surface area (Å²) >= 11 is 0. The van der Waals surface area contributed by atoms with Gasteiger partial charge in [0.05, 0.1) is 9.82 Å². The van der Waals surface area contributed by atoms with Crippen molar-refractivity contribution in [1.29, 1.82) is 0 Å². The van der Waals surface area contributed by atoms with Crippen LogP contribution in [0.3, 0.4) is 0 Å². The number of hydrogen-bond acceptors (Lipinski definition) is 7. The molecule has 2 rings (SSSR count). The van der Waals surface area contributed by atoms with Gasteiger partial charge in [-0.1, -0.05) is 0 Å². The number of nitrogens with one attached hydrogen (secondary N) is 2. The first-order chi connectivity index (χ1) is 9.92. The molecule has 9 nitrogen and oxygen atoms in total. The van der Waals surface area contributed by atoms with Gasteiger partial charge in [0, 0.05) is 30.1 Å². The predicted octanol–water partition coefficient (Wildman–Crippen LogP) is 1.08. The molecule has 21 heavy (non-hydrogen) atoms. The minimum atomic E-state index is -3.83. The van der Waals surface area contributed by atoms with Crippen molar-refractivity contribution in [3.8, 4) is 0 Å². The van der Waals surface area contributed by atoms with Crippen LogP contribution in [-0.2, 0) is 10.0 Å². The number of anilines is 2. The Bertz CT molecular complexity index is 760. The molecule has 0 atom stereocenters. The summed E-state index contributed by atoms with van der Waals surface area (Å²) < 4.78 is 26.6. The molecule has 0 bridgehead atoms. The van der Waals surface area contributed by atoms with Gasteiger partial charge in [-0.2, -0.15) is 0 Å². The van der Waals surface area contributed by atoms with Gasteiger partial charge in [0.15, 0.2) is 0 Å². The van der Waals surface area contributed by atoms with Gasteiger partial charge >= 0.3 is 0 Å². The van der Waals surface area contributed by atoms with E-state index in [1.807, 2.05) is 0 Å². The lowest BCUT2D eigenvalue weighted by Crippen LogP contribution is -2.14. The van der Waals surface area contributed by atoms with Gasteiger partial charge in [-0.25, -0.2) is 19.2 Å². The number of benzene rings is 1. The van der Waals surface area contributed by atoms with Crippen molar-refractivity contribution in [2.24, 2.45) is 5.84 Å². The maximum absolute atomic E-state index is 12.1. The van der Waals surface area contributed by atoms with Crippen LogP contribution in [0.15, 0.2) is 47.5 Å². The molecule has 2 aromatic rings. The maximum Gasteiger partial charge on any atom is 0.269 e. The van der Waals surface area contributed by atoms with Crippen LogP contribution >= 0.6 is 0 Å². The lowest BCUT2D eigenvalue weighted by atomic mass is 10.3. The van der Waals surface area contributed by atoms with Gasteiger partial charge in [-0.05, 0) is 18.2 Å². The van der Waals surface area contributed by atoms with E-state index in [4.69, 9.17) is 5.84 Å². The van der Waals surface area contributed by atoms with Crippen LogP contribution in [-0.4, -0.2) is 18.3 Å². The molecule has 1 aromatic carbocycles. The van der Waals surface area contributed by atoms with E-state index in [0.717, 1.165) is 0 Å². The number of non-ortho nitro benzene ring substituents is 1. The number of sulfonamides is 1. The van der Waals surface area contributed by atoms with E-state index >= 15 is 0 Å². The van der Waals surface area contributed by atoms with Gasteiger partial charge in [0.1, 0.15) is 5.82 Å². The first kappa shape index (κ1) is 14.7. The fourth-order valence-corrected chi connectivity index (χ4v) is 2.59. The van der Waals surface area contributed by atoms with E-state index in [2.05, 4.69) is 15.1 Å². The van der Waals surface area contributed by atoms with Crippen LogP contribution in [0, 0.1) is 10.1 Å². The molecular formula is C11H11N5O4S. The van der Waals surface area contributed by atoms with Crippen molar-refractivity contribution in [2.45, 2.75) is 4.90 Å². The summed E-state index contributed by atoms with van der Waals surface area (Å²) in [4.78, 5) is 13.7. The van der Waals surface area contributed by atoms with Gasteiger partial charge in [-0.15, -0.1) is 0 Å². The Kier molecular flexibility index (Phi) is 4.00. The number of rotatable bonds is 5. The van der Waals surface area contributed by atoms with E-state index < -0.39 is 14.9 Å². The highest BCUT2D eigenvalue weighted by atomic mass is 32.2. The van der Waals surface area contributed by atoms with E-state index in [1.165, 1.54) is 42.6 Å². The fourth-order valence-electron chi connectivity index (χ4n) is 1.52. The third-order valence-electron chi connectivity index (χ3n) is 2.52. The molecule has 0 spiro atoms. The second-order valence-electron chi connectivity index (χ2n) is 3.93. The van der Waals surface area contributed by atoms with Gasteiger partial charge in [-0.3, -0.25) is 14.8 Å². The minimum absolute atomic E-state index is 0.0381. The molecule has 110 valence electrons. The Labute approximate surface area is 120 Å². The molecule has 0 radical (unpaired) electrons. The summed E-state index contributed by atoms with van der Waals surface area (Å²) in [6.07, 6.45) is 1.29. The molecule has 1 heterocycles. The molecule has 0 amide bonds. The average Bonchev–Trinajstić information content (AvgIpc) is 2.47. The zero-order valence-electron chi connectivity index (χ0n) is 10.6. The number of aromatic nitrogens is 1. The first-order valence-electron chi connectivity index (χ1n) is 5.62. The smallest absolute Gasteiger partial charge is 0.269 e. The Balaban J connectivity index is 2.26. The third kappa shape index (κ3) is 3.43. The van der Waals surface area contributed by atoms with Gasteiger partial charge in [0.25, 0.3) is 15.7 Å². The number of nitro groups is 1. The highest BCUT2D eigenvalue weighted by Crippen LogP contribution is 2.20. The molecule has 10 heteroatoms. The summed E-state index contributed by atoms with van der Waals surface area (Å²) in [6, 6.07) is 7.58. The zero-order chi connectivity index (χ0) is 15.5. The van der Waals surface area contributed by atoms with E-state index in [9.17, 15) is 18.5 Å². The Hall–Kier alpha value is -2.72. The fraction of sp³-hybridized carbons (Fsp3) is 0. The molecule has 0 aliphatic carbocycles. The Morgan fingerprint density at radius 1 is 1.19 bits per heavy atom. The quantitative estimate of drug-likeness (QED) is 0.426. The largest absolute Gasteiger partial charge is 0.308 e. The Morgan fingerprint density at radius 2 is 1.86 bits per heavy atom. The number of hydrazine groups is 1. The molecular weight excluding hydrogens is 298 g/mol. The van der Waals surface area contributed by atoms with Crippen LogP contribution in [0.4, 0.5) is 17.2 Å². The number of nitro benzene ring substituents is 1. The highest BCUT2D eigenvalue weighted by molar-refractivity contribution is 7.92. The van der Waals surface area contributed by atoms with Crippen molar-refractivity contribution in [1.82, 2.24) is 4.98 Å². The van der Waals surface area contributed by atoms with Crippen LogP contribution in [0.5, 0.6) is 0 Å². The van der Waals surface area contributed by atoms with Crippen molar-refractivity contribution < 1.29 is 13.3 Å². The van der Waals surface area contributed by atoms with Crippen LogP contribution in [0.25, 0.3) is 0 Å². The van der Waals surface area contributed by atoms with Crippen molar-refractivity contribution in [3.63, 3.8) is 0 Å². The molecule has 0 unspecified atom stereocenters. The average molecular weight is 309 g/mol. The summed E-state index contributed by atoms with van der Waals surface area (Å²) in [5.74, 6) is 5.36. The molecule has 0 saturated carbocycles. The molecule has 0 saturated heterocycles. The number of nitrogens with zero attached hydrogens (tertiary/aromatic N) is 2. The third-order valence-corrected chi connectivity index (χ3v) is 3.90. The van der Waals surface area contributed by atoms with Crippen molar-refractivity contribution in [3.05, 3.63) is 52.7 Å². The molecule has 0 fully saturated rings. The summed E-state index contributed by atoms with van der Waals surface area (Å²) in [5, 5.41) is 10.5. The zero-order valence-corrected chi connectivity index (χ0v) is 11.4. The topological polar surface area (TPSA) is 140 Å². The minimum Gasteiger partial charge on any atom is -0.308 e. The van der Waals surface area contributed by atoms with E-state index in [0.29, 0.717) is 0 Å². The van der Waals surface area contributed by atoms with Crippen molar-refractivity contribution in [2.75, 3.05) is 10.1 Å². The van der Waals surface area contributed by atoms with E-state index in [1.54, 1.807) is 0 Å². The summed E-state index contributed by atoms with van der Waals surface area (Å²) in [7, 11) is -3.83. The molecule has 0 aliphatic rings. The number of nitrogens with two attached hydrogens (primary N) is 1. The summed E-state index contributed by atoms with van der Waals surface area (Å²) in [6.45, 7) is 0. The summed E-state index contributed by atoms with van der Waals surface area (Å²) in [5.41, 5.74) is 2.32. The number of hydrogen-bond donors (Lipinski definition) is 3. The standard InChI is InChI=1S/C11H11N5O4S/c12-14-11-7-10(5-6-13-11)21(19,20)15-8-1-3-9(4-2-8)16(17)18/h1-7,15H,12H2,(H,13,14). The van der Waals surface area contributed by atoms with Crippen LogP contribution in [0.2, 0.25) is 0 Å². The second-order valence-corrected chi connectivity index (χ2v) is 5.61. The lowest BCUT2D eigenvalue weighted by molar-refractivity contribution is -0.384. The van der Waals surface area contributed by atoms with Gasteiger partial charge in [0.2, 0.25) is 0 Å². The maximum atomic E-state index is 12.1. The van der Waals surface area contributed by atoms with Crippen molar-refractivity contribution >= 4 is 27.2 Å². The van der Waals surface area contributed by atoms with E-state index in [-0.39, 0.29) is 22.1 Å². The van der Waals surface area contributed by atoms with Gasteiger partial charge < -0.3 is 5.43 Å². The second kappa shape index (κ2) is 5.73. The molecule has 0 aliphatic heterocycles. The van der Waals surface area contributed by atoms with Crippen LogP contribution < -0.4 is 16.0 Å². The van der Waals surface area contributed by atoms with Crippen LogP contribution in [0.1, 0.15) is 0 Å². The number of pyridine rings is 1. The monoisotopic (exact) mass is 309 g/mol. The normalized spacial score (nSPS) is 10.9. The highest BCUT2D eigenvalue weighted by Gasteiger charge is 2.15.